The van der Waals surface area contributed by atoms with Gasteiger partial charge in [0.1, 0.15) is 5.41 Å². The quantitative estimate of drug-likeness (QED) is 0.696. The predicted molar refractivity (Wildman–Crippen MR) is 64.7 cm³/mol. The zero-order valence-corrected chi connectivity index (χ0v) is 10.7. The number of carbonyl (C=O) groups is 2. The molecule has 98 valence electrons. The lowest BCUT2D eigenvalue weighted by Gasteiger charge is -2.27. The number of nitrogens with zero attached hydrogens (tertiary/aromatic N) is 1. The first-order valence-corrected chi connectivity index (χ1v) is 6.18. The number of hydrogen-bond acceptors (Lipinski definition) is 3. The molecule has 0 atom stereocenters. The van der Waals surface area contributed by atoms with Crippen molar-refractivity contribution >= 4 is 11.9 Å². The van der Waals surface area contributed by atoms with Crippen molar-refractivity contribution in [1.82, 2.24) is 10.2 Å². The molecule has 5 heteroatoms. The molecule has 1 fully saturated rings. The fourth-order valence-electron chi connectivity index (χ4n) is 1.83. The number of nitrogens with one attached hydrogen (secondary N) is 1. The first kappa shape index (κ1) is 14.0. The number of carboxylic acid groups (broad SMARTS) is 1. The minimum atomic E-state index is -1.35. The molecular weight excluding hydrogens is 220 g/mol. The summed E-state index contributed by atoms with van der Waals surface area (Å²) in [5.41, 5.74) is -1.35. The van der Waals surface area contributed by atoms with E-state index in [4.69, 9.17) is 5.11 Å². The molecule has 0 aromatic rings. The van der Waals surface area contributed by atoms with E-state index in [9.17, 15) is 9.59 Å². The topological polar surface area (TPSA) is 69.6 Å². The SMILES string of the molecule is CC(C)(C(=O)O)C(=O)NCCN1CCCCC1. The van der Waals surface area contributed by atoms with E-state index < -0.39 is 17.3 Å². The third-order valence-electron chi connectivity index (χ3n) is 3.26. The number of carboxylic acids is 1. The molecule has 1 rings (SSSR count). The van der Waals surface area contributed by atoms with Gasteiger partial charge in [-0.15, -0.1) is 0 Å². The highest BCUT2D eigenvalue weighted by atomic mass is 16.4. The molecule has 0 saturated carbocycles. The van der Waals surface area contributed by atoms with Crippen molar-refractivity contribution in [3.63, 3.8) is 0 Å². The average molecular weight is 242 g/mol. The summed E-state index contributed by atoms with van der Waals surface area (Å²) >= 11 is 0. The van der Waals surface area contributed by atoms with Gasteiger partial charge in [0.2, 0.25) is 5.91 Å². The lowest BCUT2D eigenvalue weighted by Crippen LogP contribution is -2.45. The van der Waals surface area contributed by atoms with E-state index >= 15 is 0 Å². The first-order chi connectivity index (χ1) is 7.94. The standard InChI is InChI=1S/C12H22N2O3/c1-12(2,11(16)17)10(15)13-6-9-14-7-4-3-5-8-14/h3-9H2,1-2H3,(H,13,15)(H,16,17). The lowest BCUT2D eigenvalue weighted by molar-refractivity contribution is -0.153. The van der Waals surface area contributed by atoms with Crippen LogP contribution < -0.4 is 5.32 Å². The molecule has 0 radical (unpaired) electrons. The van der Waals surface area contributed by atoms with Crippen molar-refractivity contribution in [2.24, 2.45) is 5.41 Å². The molecule has 17 heavy (non-hydrogen) atoms. The molecular formula is C12H22N2O3. The van der Waals surface area contributed by atoms with Gasteiger partial charge in [-0.2, -0.15) is 0 Å². The van der Waals surface area contributed by atoms with Crippen molar-refractivity contribution in [2.75, 3.05) is 26.2 Å². The smallest absolute Gasteiger partial charge is 0.318 e. The van der Waals surface area contributed by atoms with Gasteiger partial charge in [0.15, 0.2) is 0 Å². The summed E-state index contributed by atoms with van der Waals surface area (Å²) in [7, 11) is 0. The van der Waals surface area contributed by atoms with Crippen LogP contribution in [0.5, 0.6) is 0 Å². The summed E-state index contributed by atoms with van der Waals surface area (Å²) in [4.78, 5) is 24.8. The Hall–Kier alpha value is -1.10. The largest absolute Gasteiger partial charge is 0.480 e. The highest BCUT2D eigenvalue weighted by Crippen LogP contribution is 2.14. The van der Waals surface area contributed by atoms with Crippen LogP contribution in [0.4, 0.5) is 0 Å². The summed E-state index contributed by atoms with van der Waals surface area (Å²) in [5.74, 6) is -1.50. The Morgan fingerprint density at radius 1 is 1.24 bits per heavy atom. The summed E-state index contributed by atoms with van der Waals surface area (Å²) < 4.78 is 0. The summed E-state index contributed by atoms with van der Waals surface area (Å²) in [5, 5.41) is 11.6. The Kier molecular flexibility index (Phi) is 4.93. The second-order valence-electron chi connectivity index (χ2n) is 5.09. The van der Waals surface area contributed by atoms with Crippen molar-refractivity contribution in [3.8, 4) is 0 Å². The Morgan fingerprint density at radius 3 is 2.35 bits per heavy atom. The van der Waals surface area contributed by atoms with Gasteiger partial charge in [-0.1, -0.05) is 6.42 Å². The molecule has 0 spiro atoms. The van der Waals surface area contributed by atoms with Crippen LogP contribution in [0, 0.1) is 5.41 Å². The molecule has 0 aromatic heterocycles. The van der Waals surface area contributed by atoms with E-state index in [-0.39, 0.29) is 0 Å². The molecule has 1 aliphatic heterocycles. The van der Waals surface area contributed by atoms with Gasteiger partial charge in [-0.05, 0) is 39.8 Å². The average Bonchev–Trinajstić information content (AvgIpc) is 2.30. The predicted octanol–water partition coefficient (Wildman–Crippen LogP) is 0.699. The van der Waals surface area contributed by atoms with E-state index in [1.807, 2.05) is 0 Å². The van der Waals surface area contributed by atoms with E-state index in [0.717, 1.165) is 19.6 Å². The van der Waals surface area contributed by atoms with Crippen LogP contribution in [-0.2, 0) is 9.59 Å². The summed E-state index contributed by atoms with van der Waals surface area (Å²) in [6, 6.07) is 0. The minimum Gasteiger partial charge on any atom is -0.480 e. The minimum absolute atomic E-state index is 0.415. The highest BCUT2D eigenvalue weighted by molar-refractivity contribution is 6.00. The van der Waals surface area contributed by atoms with Crippen LogP contribution in [-0.4, -0.2) is 48.1 Å². The van der Waals surface area contributed by atoms with Gasteiger partial charge in [0.05, 0.1) is 0 Å². The van der Waals surface area contributed by atoms with Crippen molar-refractivity contribution in [3.05, 3.63) is 0 Å². The van der Waals surface area contributed by atoms with Crippen LogP contribution in [0.1, 0.15) is 33.1 Å². The fraction of sp³-hybridized carbons (Fsp3) is 0.833. The van der Waals surface area contributed by atoms with E-state index in [1.165, 1.54) is 33.1 Å². The van der Waals surface area contributed by atoms with Gasteiger partial charge < -0.3 is 15.3 Å². The van der Waals surface area contributed by atoms with Gasteiger partial charge in [-0.25, -0.2) is 0 Å². The zero-order valence-electron chi connectivity index (χ0n) is 10.7. The van der Waals surface area contributed by atoms with Crippen LogP contribution in [0.2, 0.25) is 0 Å². The maximum Gasteiger partial charge on any atom is 0.318 e. The third kappa shape index (κ3) is 4.00. The van der Waals surface area contributed by atoms with Crippen LogP contribution >= 0.6 is 0 Å². The molecule has 1 saturated heterocycles. The number of rotatable bonds is 5. The summed E-state index contributed by atoms with van der Waals surface area (Å²) in [6.45, 7) is 6.34. The Morgan fingerprint density at radius 2 is 1.82 bits per heavy atom. The molecule has 1 amide bonds. The number of aliphatic carboxylic acids is 1. The van der Waals surface area contributed by atoms with Crippen molar-refractivity contribution in [1.29, 1.82) is 0 Å². The number of carbonyl (C=O) groups excluding carboxylic acids is 1. The molecule has 0 bridgehead atoms. The van der Waals surface area contributed by atoms with Gasteiger partial charge in [-0.3, -0.25) is 9.59 Å². The Bertz CT molecular complexity index is 283. The molecule has 5 nitrogen and oxygen atoms in total. The fourth-order valence-corrected chi connectivity index (χ4v) is 1.83. The monoisotopic (exact) mass is 242 g/mol. The number of amides is 1. The molecule has 1 heterocycles. The zero-order chi connectivity index (χ0) is 12.9. The van der Waals surface area contributed by atoms with Crippen molar-refractivity contribution in [2.45, 2.75) is 33.1 Å². The Labute approximate surface area is 102 Å². The van der Waals surface area contributed by atoms with Crippen LogP contribution in [0.15, 0.2) is 0 Å². The van der Waals surface area contributed by atoms with E-state index in [2.05, 4.69) is 10.2 Å². The number of likely N-dealkylation sites (tertiary alicyclic amines) is 1. The van der Waals surface area contributed by atoms with Gasteiger partial charge >= 0.3 is 5.97 Å². The third-order valence-corrected chi connectivity index (χ3v) is 3.26. The molecule has 0 aromatic carbocycles. The van der Waals surface area contributed by atoms with E-state index in [0.29, 0.717) is 6.54 Å². The van der Waals surface area contributed by atoms with Gasteiger partial charge in [0.25, 0.3) is 0 Å². The highest BCUT2D eigenvalue weighted by Gasteiger charge is 2.35. The second-order valence-corrected chi connectivity index (χ2v) is 5.09. The lowest BCUT2D eigenvalue weighted by atomic mass is 9.93. The molecule has 0 aliphatic carbocycles. The van der Waals surface area contributed by atoms with Crippen LogP contribution in [0.3, 0.4) is 0 Å². The molecule has 2 N–H and O–H groups in total. The maximum absolute atomic E-state index is 11.6. The van der Waals surface area contributed by atoms with Crippen LogP contribution in [0.25, 0.3) is 0 Å². The normalized spacial score (nSPS) is 17.8. The molecule has 0 unspecified atom stereocenters. The number of piperidine rings is 1. The summed E-state index contributed by atoms with van der Waals surface area (Å²) in [6.07, 6.45) is 3.72. The van der Waals surface area contributed by atoms with Crippen molar-refractivity contribution < 1.29 is 14.7 Å². The van der Waals surface area contributed by atoms with Gasteiger partial charge in [0, 0.05) is 13.1 Å². The molecule has 1 aliphatic rings. The Balaban J connectivity index is 2.26. The first-order valence-electron chi connectivity index (χ1n) is 6.18. The van der Waals surface area contributed by atoms with E-state index in [1.54, 1.807) is 0 Å². The second kappa shape index (κ2) is 6.00. The maximum atomic E-state index is 11.6. The number of hydrogen-bond donors (Lipinski definition) is 2.